The Balaban J connectivity index is 2.48. The molecule has 0 aromatic heterocycles. The van der Waals surface area contributed by atoms with Gasteiger partial charge in [-0.15, -0.1) is 0 Å². The quantitative estimate of drug-likeness (QED) is 0.892. The molecule has 2 rings (SSSR count). The van der Waals surface area contributed by atoms with Gasteiger partial charge in [0.05, 0.1) is 13.2 Å². The van der Waals surface area contributed by atoms with E-state index in [1.807, 2.05) is 32.0 Å². The summed E-state index contributed by atoms with van der Waals surface area (Å²) < 4.78 is 18.9. The summed E-state index contributed by atoms with van der Waals surface area (Å²) in [7, 11) is 1.67. The Hall–Kier alpha value is -1.87. The van der Waals surface area contributed by atoms with Crippen molar-refractivity contribution >= 4 is 0 Å². The average Bonchev–Trinajstić information content (AvgIpc) is 2.47. The van der Waals surface area contributed by atoms with Gasteiger partial charge in [-0.1, -0.05) is 25.1 Å². The van der Waals surface area contributed by atoms with Crippen molar-refractivity contribution in [2.75, 3.05) is 13.7 Å². The summed E-state index contributed by atoms with van der Waals surface area (Å²) in [6.07, 6.45) is 0. The Bertz CT molecular complexity index is 625. The number of ether oxygens (including phenoxy) is 1. The van der Waals surface area contributed by atoms with Crippen LogP contribution in [-0.4, -0.2) is 13.7 Å². The summed E-state index contributed by atoms with van der Waals surface area (Å²) in [6, 6.07) is 11.0. The predicted molar refractivity (Wildman–Crippen MR) is 84.4 cm³/mol. The Morgan fingerprint density at radius 2 is 1.86 bits per heavy atom. The van der Waals surface area contributed by atoms with Gasteiger partial charge in [0.15, 0.2) is 0 Å². The minimum Gasteiger partial charge on any atom is -0.496 e. The van der Waals surface area contributed by atoms with E-state index >= 15 is 0 Å². The largest absolute Gasteiger partial charge is 0.496 e. The van der Waals surface area contributed by atoms with Gasteiger partial charge in [0.1, 0.15) is 11.6 Å². The van der Waals surface area contributed by atoms with Gasteiger partial charge in [-0.05, 0) is 60.8 Å². The summed E-state index contributed by atoms with van der Waals surface area (Å²) in [5, 5.41) is 3.44. The SMILES string of the molecule is CCNC(c1ccc(OC)c(C)c1)c1cc(F)ccc1C. The summed E-state index contributed by atoms with van der Waals surface area (Å²) in [4.78, 5) is 0. The Labute approximate surface area is 126 Å². The first-order valence-electron chi connectivity index (χ1n) is 7.20. The van der Waals surface area contributed by atoms with Crippen molar-refractivity contribution < 1.29 is 9.13 Å². The third kappa shape index (κ3) is 3.42. The zero-order valence-corrected chi connectivity index (χ0v) is 13.0. The summed E-state index contributed by atoms with van der Waals surface area (Å²) >= 11 is 0. The number of benzene rings is 2. The highest BCUT2D eigenvalue weighted by atomic mass is 19.1. The first kappa shape index (κ1) is 15.5. The van der Waals surface area contributed by atoms with Gasteiger partial charge in [0.25, 0.3) is 0 Å². The molecule has 0 saturated heterocycles. The van der Waals surface area contributed by atoms with Crippen LogP contribution in [0.25, 0.3) is 0 Å². The van der Waals surface area contributed by atoms with Crippen LogP contribution in [0.2, 0.25) is 0 Å². The third-order valence-electron chi connectivity index (χ3n) is 3.71. The zero-order chi connectivity index (χ0) is 15.4. The van der Waals surface area contributed by atoms with E-state index in [-0.39, 0.29) is 11.9 Å². The maximum Gasteiger partial charge on any atom is 0.123 e. The number of methoxy groups -OCH3 is 1. The number of nitrogens with one attached hydrogen (secondary N) is 1. The molecule has 0 heterocycles. The van der Waals surface area contributed by atoms with Crippen LogP contribution < -0.4 is 10.1 Å². The van der Waals surface area contributed by atoms with Gasteiger partial charge in [0, 0.05) is 0 Å². The van der Waals surface area contributed by atoms with E-state index in [9.17, 15) is 4.39 Å². The maximum absolute atomic E-state index is 13.6. The van der Waals surface area contributed by atoms with E-state index in [0.29, 0.717) is 0 Å². The van der Waals surface area contributed by atoms with Crippen molar-refractivity contribution in [2.24, 2.45) is 0 Å². The molecule has 1 N–H and O–H groups in total. The zero-order valence-electron chi connectivity index (χ0n) is 13.0. The number of hydrogen-bond donors (Lipinski definition) is 1. The molecule has 0 saturated carbocycles. The number of hydrogen-bond acceptors (Lipinski definition) is 2. The smallest absolute Gasteiger partial charge is 0.123 e. The lowest BCUT2D eigenvalue weighted by atomic mass is 9.93. The molecule has 2 aromatic rings. The van der Waals surface area contributed by atoms with E-state index < -0.39 is 0 Å². The molecule has 3 heteroatoms. The number of halogens is 1. The van der Waals surface area contributed by atoms with E-state index in [1.54, 1.807) is 13.2 Å². The monoisotopic (exact) mass is 287 g/mol. The van der Waals surface area contributed by atoms with Crippen LogP contribution >= 0.6 is 0 Å². The van der Waals surface area contributed by atoms with Crippen LogP contribution in [0.5, 0.6) is 5.75 Å². The lowest BCUT2D eigenvalue weighted by Crippen LogP contribution is -2.23. The summed E-state index contributed by atoms with van der Waals surface area (Å²) in [6.45, 7) is 6.89. The van der Waals surface area contributed by atoms with E-state index in [2.05, 4.69) is 18.3 Å². The van der Waals surface area contributed by atoms with E-state index in [0.717, 1.165) is 34.5 Å². The van der Waals surface area contributed by atoms with Crippen molar-refractivity contribution in [3.05, 3.63) is 64.5 Å². The number of rotatable bonds is 5. The molecule has 0 amide bonds. The minimum absolute atomic E-state index is 0.0182. The lowest BCUT2D eigenvalue weighted by Gasteiger charge is -2.22. The van der Waals surface area contributed by atoms with Gasteiger partial charge in [0.2, 0.25) is 0 Å². The van der Waals surface area contributed by atoms with Gasteiger partial charge in [-0.3, -0.25) is 0 Å². The maximum atomic E-state index is 13.6. The van der Waals surface area contributed by atoms with Gasteiger partial charge < -0.3 is 10.1 Å². The molecule has 0 bridgehead atoms. The second-order valence-corrected chi connectivity index (χ2v) is 5.22. The Morgan fingerprint density at radius 3 is 2.48 bits per heavy atom. The highest BCUT2D eigenvalue weighted by molar-refractivity contribution is 5.42. The fourth-order valence-corrected chi connectivity index (χ4v) is 2.62. The van der Waals surface area contributed by atoms with Gasteiger partial charge in [-0.2, -0.15) is 0 Å². The van der Waals surface area contributed by atoms with Gasteiger partial charge in [-0.25, -0.2) is 4.39 Å². The van der Waals surface area contributed by atoms with Crippen molar-refractivity contribution in [2.45, 2.75) is 26.8 Å². The molecule has 0 spiro atoms. The molecule has 1 atom stereocenters. The van der Waals surface area contributed by atoms with Crippen LogP contribution in [-0.2, 0) is 0 Å². The van der Waals surface area contributed by atoms with Crippen molar-refractivity contribution in [3.8, 4) is 5.75 Å². The highest BCUT2D eigenvalue weighted by Crippen LogP contribution is 2.29. The molecule has 21 heavy (non-hydrogen) atoms. The van der Waals surface area contributed by atoms with E-state index in [1.165, 1.54) is 6.07 Å². The van der Waals surface area contributed by atoms with Crippen LogP contribution in [0.15, 0.2) is 36.4 Å². The number of aryl methyl sites for hydroxylation is 2. The second kappa shape index (κ2) is 6.72. The highest BCUT2D eigenvalue weighted by Gasteiger charge is 2.17. The Kier molecular flexibility index (Phi) is 4.97. The fourth-order valence-electron chi connectivity index (χ4n) is 2.62. The molecule has 0 fully saturated rings. The Morgan fingerprint density at radius 1 is 1.10 bits per heavy atom. The van der Waals surface area contributed by atoms with Gasteiger partial charge >= 0.3 is 0 Å². The van der Waals surface area contributed by atoms with E-state index in [4.69, 9.17) is 4.74 Å². The van der Waals surface area contributed by atoms with Crippen LogP contribution in [0.1, 0.15) is 35.2 Å². The van der Waals surface area contributed by atoms with Crippen molar-refractivity contribution in [1.82, 2.24) is 5.32 Å². The minimum atomic E-state index is -0.205. The molecule has 0 aliphatic rings. The summed E-state index contributed by atoms with van der Waals surface area (Å²) in [5.74, 6) is 0.661. The van der Waals surface area contributed by atoms with Crippen LogP contribution in [0, 0.1) is 19.7 Å². The summed E-state index contributed by atoms with van der Waals surface area (Å²) in [5.41, 5.74) is 4.24. The van der Waals surface area contributed by atoms with Crippen LogP contribution in [0.3, 0.4) is 0 Å². The normalized spacial score (nSPS) is 12.2. The average molecular weight is 287 g/mol. The molecule has 2 aromatic carbocycles. The topological polar surface area (TPSA) is 21.3 Å². The molecule has 0 aliphatic heterocycles. The molecule has 0 aliphatic carbocycles. The van der Waals surface area contributed by atoms with Crippen molar-refractivity contribution in [1.29, 1.82) is 0 Å². The molecule has 2 nitrogen and oxygen atoms in total. The van der Waals surface area contributed by atoms with Crippen LogP contribution in [0.4, 0.5) is 4.39 Å². The third-order valence-corrected chi connectivity index (χ3v) is 3.71. The molecule has 112 valence electrons. The molecule has 1 unspecified atom stereocenters. The fraction of sp³-hybridized carbons (Fsp3) is 0.333. The first-order valence-corrected chi connectivity index (χ1v) is 7.20. The predicted octanol–water partition coefficient (Wildman–Crippen LogP) is 4.15. The molecule has 0 radical (unpaired) electrons. The standard InChI is InChI=1S/C18H22FNO/c1-5-20-18(16-11-15(19)8-6-12(16)2)14-7-9-17(21-4)13(3)10-14/h6-11,18,20H,5H2,1-4H3. The molecular weight excluding hydrogens is 265 g/mol. The molecular formula is C18H22FNO. The first-order chi connectivity index (χ1) is 10.1. The second-order valence-electron chi connectivity index (χ2n) is 5.22. The lowest BCUT2D eigenvalue weighted by molar-refractivity contribution is 0.411. The van der Waals surface area contributed by atoms with Crippen molar-refractivity contribution in [3.63, 3.8) is 0 Å².